The summed E-state index contributed by atoms with van der Waals surface area (Å²) in [4.78, 5) is 19.0. The van der Waals surface area contributed by atoms with Gasteiger partial charge in [0.25, 0.3) is 0 Å². The first-order valence-corrected chi connectivity index (χ1v) is 11.0. The highest BCUT2D eigenvalue weighted by atomic mass is 31.2. The van der Waals surface area contributed by atoms with Crippen LogP contribution in [0.2, 0.25) is 0 Å². The highest BCUT2D eigenvalue weighted by Gasteiger charge is 2.26. The molecule has 0 rings (SSSR count). The molecule has 0 aromatic carbocycles. The molecule has 0 radical (unpaired) electrons. The maximum atomic E-state index is 11.7. The molecule has 0 spiro atoms. The summed E-state index contributed by atoms with van der Waals surface area (Å²) >= 11 is 0. The van der Waals surface area contributed by atoms with Crippen LogP contribution in [0.3, 0.4) is 0 Å². The van der Waals surface area contributed by atoms with Gasteiger partial charge in [-0.3, -0.25) is 18.1 Å². The van der Waals surface area contributed by atoms with E-state index in [1.165, 1.54) is 0 Å². The van der Waals surface area contributed by atoms with E-state index >= 15 is 0 Å². The zero-order valence-electron chi connectivity index (χ0n) is 14.3. The molecule has 0 amide bonds. The molecule has 0 aliphatic heterocycles. The van der Waals surface area contributed by atoms with Crippen molar-refractivity contribution in [1.29, 1.82) is 0 Å². The summed E-state index contributed by atoms with van der Waals surface area (Å²) in [7, 11) is -8.22. The molecule has 23 heavy (non-hydrogen) atoms. The van der Waals surface area contributed by atoms with E-state index < -0.39 is 15.6 Å². The van der Waals surface area contributed by atoms with Gasteiger partial charge in [0.1, 0.15) is 0 Å². The minimum Gasteiger partial charge on any atom is -0.302 e. The Morgan fingerprint density at radius 3 is 1.83 bits per heavy atom. The van der Waals surface area contributed by atoms with Crippen LogP contribution in [0, 0.1) is 0 Å². The number of hydrogen-bond donors (Lipinski definition) is 2. The summed E-state index contributed by atoms with van der Waals surface area (Å²) in [6.07, 6.45) is 2.14. The van der Waals surface area contributed by atoms with Gasteiger partial charge in [-0.25, -0.2) is 9.13 Å². The Morgan fingerprint density at radius 1 is 0.913 bits per heavy atom. The van der Waals surface area contributed by atoms with Crippen LogP contribution in [0.4, 0.5) is 0 Å². The van der Waals surface area contributed by atoms with Gasteiger partial charge in [0.2, 0.25) is 0 Å². The topological polar surface area (TPSA) is 112 Å². The summed E-state index contributed by atoms with van der Waals surface area (Å²) < 4.78 is 42.8. The van der Waals surface area contributed by atoms with Crippen molar-refractivity contribution in [3.05, 3.63) is 0 Å². The third kappa shape index (κ3) is 12.3. The molecule has 3 atom stereocenters. The normalized spacial score (nSPS) is 18.6. The maximum Gasteiger partial charge on any atom is 0.472 e. The average Bonchev–Trinajstić information content (AvgIpc) is 2.43. The quantitative estimate of drug-likeness (QED) is 0.345. The van der Waals surface area contributed by atoms with Gasteiger partial charge in [-0.1, -0.05) is 27.2 Å². The molecular weight excluding hydrogens is 346 g/mol. The Morgan fingerprint density at radius 2 is 1.39 bits per heavy atom. The zero-order valence-corrected chi connectivity index (χ0v) is 16.1. The van der Waals surface area contributed by atoms with E-state index in [0.717, 1.165) is 6.42 Å². The highest BCUT2D eigenvalue weighted by molar-refractivity contribution is 7.47. The Labute approximate surface area is 138 Å². The summed E-state index contributed by atoms with van der Waals surface area (Å²) in [6, 6.07) is 0. The molecule has 140 valence electrons. The van der Waals surface area contributed by atoms with Gasteiger partial charge in [0.05, 0.1) is 25.4 Å². The number of phosphoric ester groups is 2. The predicted octanol–water partition coefficient (Wildman–Crippen LogP) is 4.02. The van der Waals surface area contributed by atoms with Gasteiger partial charge >= 0.3 is 15.6 Å². The Kier molecular flexibility index (Phi) is 11.8. The monoisotopic (exact) mass is 376 g/mol. The second kappa shape index (κ2) is 11.7. The van der Waals surface area contributed by atoms with Crippen molar-refractivity contribution < 1.29 is 37.0 Å². The van der Waals surface area contributed by atoms with Crippen LogP contribution in [-0.2, 0) is 27.2 Å². The number of rotatable bonds is 14. The zero-order chi connectivity index (χ0) is 17.9. The molecule has 3 unspecified atom stereocenters. The Hall–Kier alpha value is 0.220. The van der Waals surface area contributed by atoms with E-state index in [2.05, 4.69) is 0 Å². The van der Waals surface area contributed by atoms with Crippen molar-refractivity contribution in [2.45, 2.75) is 72.0 Å². The van der Waals surface area contributed by atoms with E-state index in [9.17, 15) is 18.9 Å². The van der Waals surface area contributed by atoms with Crippen LogP contribution in [-0.4, -0.2) is 35.2 Å². The lowest BCUT2D eigenvalue weighted by Gasteiger charge is -2.19. The first-order valence-electron chi connectivity index (χ1n) is 7.97. The molecule has 0 bridgehead atoms. The lowest BCUT2D eigenvalue weighted by molar-refractivity contribution is 0.0870. The van der Waals surface area contributed by atoms with E-state index in [4.69, 9.17) is 18.1 Å². The molecule has 2 N–H and O–H groups in total. The van der Waals surface area contributed by atoms with E-state index in [-0.39, 0.29) is 31.8 Å². The minimum absolute atomic E-state index is 0.127. The van der Waals surface area contributed by atoms with Crippen LogP contribution in [0.1, 0.15) is 59.8 Å². The molecule has 0 saturated heterocycles. The lowest BCUT2D eigenvalue weighted by Crippen LogP contribution is -2.11. The molecular formula is C13H30O8P2. The second-order valence-electron chi connectivity index (χ2n) is 5.21. The average molecular weight is 376 g/mol. The van der Waals surface area contributed by atoms with Crippen LogP contribution in [0.25, 0.3) is 0 Å². The van der Waals surface area contributed by atoms with Crippen molar-refractivity contribution in [2.24, 2.45) is 0 Å². The van der Waals surface area contributed by atoms with E-state index in [0.29, 0.717) is 19.3 Å². The van der Waals surface area contributed by atoms with Crippen molar-refractivity contribution in [3.8, 4) is 0 Å². The first kappa shape index (κ1) is 23.2. The van der Waals surface area contributed by atoms with Crippen molar-refractivity contribution in [1.82, 2.24) is 0 Å². The molecule has 10 heteroatoms. The van der Waals surface area contributed by atoms with Crippen molar-refractivity contribution in [3.63, 3.8) is 0 Å². The Bertz CT molecular complexity index is 399. The van der Waals surface area contributed by atoms with Gasteiger partial charge < -0.3 is 9.79 Å². The standard InChI is InChI=1S/C13H30O8P2/c1-5-9-12(4)20-22(14,15)18-10-8-11-19-23(16,17)21-13(6-2)7-3/h12-13H,5-11H2,1-4H3,(H,14,15)(H,16,17). The third-order valence-corrected chi connectivity index (χ3v) is 5.21. The summed E-state index contributed by atoms with van der Waals surface area (Å²) in [5.41, 5.74) is 0. The fourth-order valence-corrected chi connectivity index (χ4v) is 3.87. The third-order valence-electron chi connectivity index (χ3n) is 3.00. The number of phosphoric acid groups is 2. The molecule has 0 saturated carbocycles. The van der Waals surface area contributed by atoms with E-state index in [1.807, 2.05) is 20.8 Å². The number of hydrogen-bond acceptors (Lipinski definition) is 6. The predicted molar refractivity (Wildman–Crippen MR) is 87.1 cm³/mol. The van der Waals surface area contributed by atoms with Crippen LogP contribution in [0.5, 0.6) is 0 Å². The molecule has 0 aliphatic rings. The first-order chi connectivity index (χ1) is 10.7. The lowest BCUT2D eigenvalue weighted by atomic mass is 10.2. The van der Waals surface area contributed by atoms with Gasteiger partial charge in [0.15, 0.2) is 0 Å². The SMILES string of the molecule is CCCC(C)OP(=O)(O)OCCCOP(=O)(O)OC(CC)CC. The fourth-order valence-electron chi connectivity index (χ4n) is 1.79. The smallest absolute Gasteiger partial charge is 0.302 e. The molecule has 0 fully saturated rings. The van der Waals surface area contributed by atoms with Crippen molar-refractivity contribution in [2.75, 3.05) is 13.2 Å². The van der Waals surface area contributed by atoms with Crippen molar-refractivity contribution >= 4 is 15.6 Å². The van der Waals surface area contributed by atoms with Gasteiger partial charge in [-0.2, -0.15) is 0 Å². The molecule has 0 aromatic rings. The largest absolute Gasteiger partial charge is 0.472 e. The maximum absolute atomic E-state index is 11.7. The highest BCUT2D eigenvalue weighted by Crippen LogP contribution is 2.47. The summed E-state index contributed by atoms with van der Waals surface area (Å²) in [5.74, 6) is 0. The molecule has 0 aromatic heterocycles. The molecule has 0 aliphatic carbocycles. The van der Waals surface area contributed by atoms with Crippen LogP contribution in [0.15, 0.2) is 0 Å². The van der Waals surface area contributed by atoms with E-state index in [1.54, 1.807) is 6.92 Å². The molecule has 8 nitrogen and oxygen atoms in total. The van der Waals surface area contributed by atoms with Crippen LogP contribution >= 0.6 is 15.6 Å². The second-order valence-corrected chi connectivity index (χ2v) is 8.02. The fraction of sp³-hybridized carbons (Fsp3) is 1.00. The minimum atomic E-state index is -4.11. The van der Waals surface area contributed by atoms with Gasteiger partial charge in [-0.15, -0.1) is 0 Å². The Balaban J connectivity index is 3.99. The van der Waals surface area contributed by atoms with Gasteiger partial charge in [-0.05, 0) is 32.6 Å². The summed E-state index contributed by atoms with van der Waals surface area (Å²) in [5, 5.41) is 0. The molecule has 0 heterocycles. The van der Waals surface area contributed by atoms with Gasteiger partial charge in [0, 0.05) is 0 Å². The van der Waals surface area contributed by atoms with Crippen LogP contribution < -0.4 is 0 Å². The summed E-state index contributed by atoms with van der Waals surface area (Å²) in [6.45, 7) is 7.07.